The van der Waals surface area contributed by atoms with Gasteiger partial charge in [-0.25, -0.2) is 4.98 Å². The van der Waals surface area contributed by atoms with Crippen LogP contribution in [0.15, 0.2) is 73.9 Å². The first kappa shape index (κ1) is 24.7. The van der Waals surface area contributed by atoms with Crippen LogP contribution in [0, 0.1) is 0 Å². The van der Waals surface area contributed by atoms with E-state index >= 15 is 0 Å². The predicted octanol–water partition coefficient (Wildman–Crippen LogP) is 7.05. The third-order valence-corrected chi connectivity index (χ3v) is 5.73. The molecule has 1 aliphatic carbocycles. The van der Waals surface area contributed by atoms with Crippen LogP contribution in [0.3, 0.4) is 0 Å². The van der Waals surface area contributed by atoms with Gasteiger partial charge in [-0.3, -0.25) is 4.57 Å². The third-order valence-electron chi connectivity index (χ3n) is 5.73. The van der Waals surface area contributed by atoms with Crippen LogP contribution in [0.4, 0.5) is 0 Å². The molecule has 1 aliphatic rings. The second-order valence-corrected chi connectivity index (χ2v) is 8.35. The minimum atomic E-state index is 0.647. The highest BCUT2D eigenvalue weighted by molar-refractivity contribution is 6.11. The molecule has 0 aromatic carbocycles. The van der Waals surface area contributed by atoms with Crippen molar-refractivity contribution >= 4 is 19.1 Å². The zero-order valence-corrected chi connectivity index (χ0v) is 19.8. The van der Waals surface area contributed by atoms with Gasteiger partial charge in [0, 0.05) is 17.0 Å². The fourth-order valence-corrected chi connectivity index (χ4v) is 4.21. The number of hydrogen-bond donors (Lipinski definition) is 0. The molecule has 1 atom stereocenters. The van der Waals surface area contributed by atoms with Crippen molar-refractivity contribution in [2.24, 2.45) is 0 Å². The van der Waals surface area contributed by atoms with Gasteiger partial charge in [-0.15, -0.1) is 0 Å². The van der Waals surface area contributed by atoms with Crippen molar-refractivity contribution in [3.63, 3.8) is 0 Å². The number of fused-ring (bicyclic) bond motifs is 1. The number of aromatic nitrogens is 2. The highest BCUT2D eigenvalue weighted by Gasteiger charge is 2.22. The first-order valence-corrected chi connectivity index (χ1v) is 11.8. The zero-order valence-electron chi connectivity index (χ0n) is 19.8. The molecule has 1 aromatic rings. The largest absolute Gasteiger partial charge is 0.296 e. The van der Waals surface area contributed by atoms with Crippen molar-refractivity contribution in [1.29, 1.82) is 0 Å². The molecule has 1 heterocycles. The van der Waals surface area contributed by atoms with Crippen LogP contribution in [0.25, 0.3) is 11.3 Å². The highest BCUT2D eigenvalue weighted by Crippen LogP contribution is 2.30. The van der Waals surface area contributed by atoms with Gasteiger partial charge in [-0.05, 0) is 45.3 Å². The van der Waals surface area contributed by atoms with Gasteiger partial charge in [0.05, 0.1) is 5.69 Å². The van der Waals surface area contributed by atoms with E-state index in [1.807, 2.05) is 25.2 Å². The van der Waals surface area contributed by atoms with Gasteiger partial charge in [0.25, 0.3) is 0 Å². The van der Waals surface area contributed by atoms with Crippen LogP contribution in [-0.2, 0) is 12.8 Å². The first-order chi connectivity index (χ1) is 15.2. The van der Waals surface area contributed by atoms with Crippen molar-refractivity contribution in [2.45, 2.75) is 71.0 Å². The molecule has 0 amide bonds. The molecule has 1 unspecified atom stereocenters. The fraction of sp³-hybridized carbons (Fsp3) is 0.393. The van der Waals surface area contributed by atoms with Crippen LogP contribution in [-0.4, -0.2) is 17.4 Å². The molecule has 0 N–H and O–H groups in total. The van der Waals surface area contributed by atoms with Crippen molar-refractivity contribution in [3.8, 4) is 0 Å². The molecule has 0 bridgehead atoms. The average Bonchev–Trinajstić information content (AvgIpc) is 3.09. The highest BCUT2D eigenvalue weighted by atomic mass is 15.1. The lowest BCUT2D eigenvalue weighted by Gasteiger charge is -2.15. The zero-order chi connectivity index (χ0) is 22.5. The van der Waals surface area contributed by atoms with Gasteiger partial charge < -0.3 is 0 Å². The Morgan fingerprint density at radius 2 is 1.74 bits per heavy atom. The van der Waals surface area contributed by atoms with E-state index in [1.54, 1.807) is 0 Å². The summed E-state index contributed by atoms with van der Waals surface area (Å²) in [5.74, 6) is 1.65. The summed E-state index contributed by atoms with van der Waals surface area (Å²) >= 11 is 0. The maximum atomic E-state index is 5.26. The van der Waals surface area contributed by atoms with E-state index in [4.69, 9.17) is 4.98 Å². The topological polar surface area (TPSA) is 17.8 Å². The number of nitrogens with zero attached hydrogens (tertiary/aromatic N) is 2. The van der Waals surface area contributed by atoms with E-state index in [1.165, 1.54) is 49.9 Å². The van der Waals surface area contributed by atoms with Gasteiger partial charge in [0.15, 0.2) is 0 Å². The predicted molar refractivity (Wildman–Crippen MR) is 141 cm³/mol. The molecule has 164 valence electrons. The molecular formula is C28H39BN2. The molecule has 0 saturated heterocycles. The Kier molecular flexibility index (Phi) is 10.9. The number of hydrogen-bond acceptors (Lipinski definition) is 1. The van der Waals surface area contributed by atoms with Gasteiger partial charge in [0.2, 0.25) is 0 Å². The van der Waals surface area contributed by atoms with E-state index in [0.717, 1.165) is 29.9 Å². The summed E-state index contributed by atoms with van der Waals surface area (Å²) in [5.41, 5.74) is 4.80. The van der Waals surface area contributed by atoms with Crippen molar-refractivity contribution in [2.75, 3.05) is 0 Å². The summed E-state index contributed by atoms with van der Waals surface area (Å²) in [6, 6.07) is 0. The maximum absolute atomic E-state index is 5.26. The lowest BCUT2D eigenvalue weighted by Crippen LogP contribution is -2.07. The second-order valence-electron chi connectivity index (χ2n) is 8.35. The Balaban J connectivity index is 2.77. The second kappa shape index (κ2) is 13.7. The number of imidazole rings is 1. The van der Waals surface area contributed by atoms with E-state index < -0.39 is 0 Å². The molecule has 2 rings (SSSR count). The van der Waals surface area contributed by atoms with E-state index in [0.29, 0.717) is 5.82 Å². The summed E-state index contributed by atoms with van der Waals surface area (Å²) in [7, 11) is 2.38. The summed E-state index contributed by atoms with van der Waals surface area (Å²) in [5, 5.41) is 0. The Bertz CT molecular complexity index is 877. The number of rotatable bonds is 7. The Morgan fingerprint density at radius 3 is 2.45 bits per heavy atom. The monoisotopic (exact) mass is 414 g/mol. The minimum Gasteiger partial charge on any atom is -0.296 e. The molecule has 0 aliphatic heterocycles. The molecule has 0 radical (unpaired) electrons. The van der Waals surface area contributed by atoms with Crippen molar-refractivity contribution < 1.29 is 0 Å². The normalized spacial score (nSPS) is 19.6. The summed E-state index contributed by atoms with van der Waals surface area (Å²) in [6.45, 7) is 11.9. The summed E-state index contributed by atoms with van der Waals surface area (Å²) in [6.07, 6.45) is 30.3. The standard InChI is InChI=1S/C28H39BN2/c1-5-9-18-23(16-7-3)28-30-26-22-24(29)19-14-12-11-13-15-21-27(26)31(28)25(17-8-4)20-10-6-2/h5-10,16-18,20,24H,2,4,11-15,19,21-22,29H2,1,3H3/b9-5-,16-7-,20-10-,23-18+,25-17+. The van der Waals surface area contributed by atoms with Crippen LogP contribution >= 0.6 is 0 Å². The number of allylic oxidation sites excluding steroid dienone is 12. The molecule has 0 spiro atoms. The van der Waals surface area contributed by atoms with Gasteiger partial charge >= 0.3 is 0 Å². The van der Waals surface area contributed by atoms with Gasteiger partial charge in [0.1, 0.15) is 13.7 Å². The van der Waals surface area contributed by atoms with E-state index in [2.05, 4.69) is 75.0 Å². The Hall–Kier alpha value is -2.55. The quantitative estimate of drug-likeness (QED) is 0.345. The third kappa shape index (κ3) is 7.27. The van der Waals surface area contributed by atoms with Gasteiger partial charge in [-0.2, -0.15) is 0 Å². The molecule has 2 nitrogen and oxygen atoms in total. The van der Waals surface area contributed by atoms with Crippen molar-refractivity contribution in [1.82, 2.24) is 9.55 Å². The lowest BCUT2D eigenvalue weighted by molar-refractivity contribution is 0.584. The molecule has 31 heavy (non-hydrogen) atoms. The van der Waals surface area contributed by atoms with E-state index in [9.17, 15) is 0 Å². The van der Waals surface area contributed by atoms with Crippen molar-refractivity contribution in [3.05, 3.63) is 91.1 Å². The lowest BCUT2D eigenvalue weighted by atomic mass is 9.79. The SMILES string of the molecule is BC1CCCCCCCc2c(nc(C(/C=C\C)=C/C=C\C)n2C(/C=C\C=C)=C/C=C)C1. The molecule has 1 aromatic heterocycles. The smallest absolute Gasteiger partial charge is 0.145 e. The Labute approximate surface area is 191 Å². The molecular weight excluding hydrogens is 375 g/mol. The van der Waals surface area contributed by atoms with Crippen LogP contribution in [0.1, 0.15) is 69.6 Å². The maximum Gasteiger partial charge on any atom is 0.145 e. The molecule has 3 heteroatoms. The summed E-state index contributed by atoms with van der Waals surface area (Å²) in [4.78, 5) is 5.26. The fourth-order valence-electron chi connectivity index (χ4n) is 4.21. The van der Waals surface area contributed by atoms with Crippen LogP contribution in [0.5, 0.6) is 0 Å². The van der Waals surface area contributed by atoms with Gasteiger partial charge in [-0.1, -0.05) is 99.7 Å². The van der Waals surface area contributed by atoms with Crippen LogP contribution < -0.4 is 0 Å². The molecule has 0 fully saturated rings. The van der Waals surface area contributed by atoms with Crippen LogP contribution in [0.2, 0.25) is 5.82 Å². The Morgan fingerprint density at radius 1 is 0.968 bits per heavy atom. The molecule has 0 saturated carbocycles. The average molecular weight is 414 g/mol. The summed E-state index contributed by atoms with van der Waals surface area (Å²) < 4.78 is 2.36. The first-order valence-electron chi connectivity index (χ1n) is 11.8. The van der Waals surface area contributed by atoms with E-state index in [-0.39, 0.29) is 0 Å². The minimum absolute atomic E-state index is 0.647.